The molecule has 2 aliphatic rings. The van der Waals surface area contributed by atoms with Gasteiger partial charge in [0, 0.05) is 36.7 Å². The SMILES string of the molecule is COC1CCC(CN)(N(Cc2cccs2)C2CC2)CC1. The average Bonchev–Trinajstić information content (AvgIpc) is 3.21. The van der Waals surface area contributed by atoms with E-state index in [4.69, 9.17) is 10.5 Å². The third kappa shape index (κ3) is 2.93. The highest BCUT2D eigenvalue weighted by Crippen LogP contribution is 2.42. The molecule has 0 aliphatic heterocycles. The number of hydrogen-bond donors (Lipinski definition) is 1. The summed E-state index contributed by atoms with van der Waals surface area (Å²) < 4.78 is 5.53. The molecule has 2 saturated carbocycles. The largest absolute Gasteiger partial charge is 0.381 e. The van der Waals surface area contributed by atoms with E-state index in [1.165, 1.54) is 30.6 Å². The maximum Gasteiger partial charge on any atom is 0.0572 e. The van der Waals surface area contributed by atoms with Crippen LogP contribution in [0.4, 0.5) is 0 Å². The lowest BCUT2D eigenvalue weighted by Crippen LogP contribution is -2.56. The minimum atomic E-state index is 0.209. The summed E-state index contributed by atoms with van der Waals surface area (Å²) in [7, 11) is 1.84. The summed E-state index contributed by atoms with van der Waals surface area (Å²) >= 11 is 1.87. The molecule has 0 bridgehead atoms. The van der Waals surface area contributed by atoms with Crippen molar-refractivity contribution in [2.45, 2.75) is 62.8 Å². The highest BCUT2D eigenvalue weighted by atomic mass is 32.1. The molecule has 1 heterocycles. The lowest BCUT2D eigenvalue weighted by Gasteiger charge is -2.47. The van der Waals surface area contributed by atoms with Crippen molar-refractivity contribution in [2.75, 3.05) is 13.7 Å². The molecule has 1 aromatic rings. The van der Waals surface area contributed by atoms with E-state index in [1.807, 2.05) is 18.4 Å². The molecule has 0 aromatic carbocycles. The van der Waals surface area contributed by atoms with E-state index in [0.717, 1.165) is 32.0 Å². The molecule has 20 heavy (non-hydrogen) atoms. The van der Waals surface area contributed by atoms with Gasteiger partial charge in [0.2, 0.25) is 0 Å². The normalized spacial score (nSPS) is 30.9. The van der Waals surface area contributed by atoms with Gasteiger partial charge in [0.1, 0.15) is 0 Å². The molecule has 2 fully saturated rings. The molecule has 0 spiro atoms. The third-order valence-corrected chi connectivity index (χ3v) is 5.94. The zero-order valence-electron chi connectivity index (χ0n) is 12.4. The first kappa shape index (κ1) is 14.5. The predicted octanol–water partition coefficient (Wildman–Crippen LogP) is 3.00. The molecule has 0 amide bonds. The molecule has 2 aliphatic carbocycles. The summed E-state index contributed by atoms with van der Waals surface area (Å²) in [6.07, 6.45) is 7.82. The van der Waals surface area contributed by atoms with Crippen molar-refractivity contribution in [2.24, 2.45) is 5.73 Å². The van der Waals surface area contributed by atoms with Crippen LogP contribution in [0.25, 0.3) is 0 Å². The first-order valence-electron chi connectivity index (χ1n) is 7.79. The first-order chi connectivity index (χ1) is 9.77. The van der Waals surface area contributed by atoms with Crippen LogP contribution < -0.4 is 5.73 Å². The van der Waals surface area contributed by atoms with Crippen molar-refractivity contribution in [1.82, 2.24) is 4.90 Å². The van der Waals surface area contributed by atoms with Gasteiger partial charge >= 0.3 is 0 Å². The van der Waals surface area contributed by atoms with Gasteiger partial charge in [0.15, 0.2) is 0 Å². The van der Waals surface area contributed by atoms with Crippen molar-refractivity contribution in [3.05, 3.63) is 22.4 Å². The van der Waals surface area contributed by atoms with Crippen LogP contribution in [0.2, 0.25) is 0 Å². The second-order valence-corrected chi connectivity index (χ2v) is 7.33. The number of methoxy groups -OCH3 is 1. The van der Waals surface area contributed by atoms with Gasteiger partial charge in [0.05, 0.1) is 6.10 Å². The smallest absolute Gasteiger partial charge is 0.0572 e. The van der Waals surface area contributed by atoms with Gasteiger partial charge in [-0.15, -0.1) is 11.3 Å². The fraction of sp³-hybridized carbons (Fsp3) is 0.750. The zero-order chi connectivity index (χ0) is 14.0. The highest BCUT2D eigenvalue weighted by Gasteiger charge is 2.45. The Morgan fingerprint density at radius 2 is 2.10 bits per heavy atom. The molecule has 112 valence electrons. The van der Waals surface area contributed by atoms with Crippen molar-refractivity contribution >= 4 is 11.3 Å². The van der Waals surface area contributed by atoms with Gasteiger partial charge in [-0.25, -0.2) is 0 Å². The lowest BCUT2D eigenvalue weighted by atomic mass is 9.78. The van der Waals surface area contributed by atoms with Crippen LogP contribution in [0, 0.1) is 0 Å². The fourth-order valence-electron chi connectivity index (χ4n) is 3.61. The maximum absolute atomic E-state index is 6.24. The third-order valence-electron chi connectivity index (χ3n) is 5.08. The van der Waals surface area contributed by atoms with Gasteiger partial charge in [-0.05, 0) is 50.0 Å². The van der Waals surface area contributed by atoms with Crippen LogP contribution in [0.15, 0.2) is 17.5 Å². The highest BCUT2D eigenvalue weighted by molar-refractivity contribution is 7.09. The van der Waals surface area contributed by atoms with Crippen molar-refractivity contribution in [1.29, 1.82) is 0 Å². The quantitative estimate of drug-likeness (QED) is 0.876. The van der Waals surface area contributed by atoms with Crippen LogP contribution in [0.5, 0.6) is 0 Å². The van der Waals surface area contributed by atoms with Crippen LogP contribution in [-0.2, 0) is 11.3 Å². The van der Waals surface area contributed by atoms with Crippen molar-refractivity contribution in [3.63, 3.8) is 0 Å². The standard InChI is InChI=1S/C16H26N2OS/c1-19-14-6-8-16(12-17,9-7-14)18(13-4-5-13)11-15-3-2-10-20-15/h2-3,10,13-14H,4-9,11-12,17H2,1H3. The Hall–Kier alpha value is -0.420. The van der Waals surface area contributed by atoms with E-state index in [9.17, 15) is 0 Å². The van der Waals surface area contributed by atoms with E-state index in [0.29, 0.717) is 6.10 Å². The maximum atomic E-state index is 6.24. The van der Waals surface area contributed by atoms with E-state index in [-0.39, 0.29) is 5.54 Å². The van der Waals surface area contributed by atoms with Crippen molar-refractivity contribution < 1.29 is 4.74 Å². The van der Waals surface area contributed by atoms with Gasteiger partial charge in [-0.3, -0.25) is 4.90 Å². The molecular weight excluding hydrogens is 268 g/mol. The molecule has 3 nitrogen and oxygen atoms in total. The number of nitrogens with two attached hydrogens (primary N) is 1. The lowest BCUT2D eigenvalue weighted by molar-refractivity contribution is -0.0144. The number of thiophene rings is 1. The zero-order valence-corrected chi connectivity index (χ0v) is 13.2. The van der Waals surface area contributed by atoms with E-state index < -0.39 is 0 Å². The van der Waals surface area contributed by atoms with Gasteiger partial charge in [0.25, 0.3) is 0 Å². The van der Waals surface area contributed by atoms with Gasteiger partial charge < -0.3 is 10.5 Å². The minimum Gasteiger partial charge on any atom is -0.381 e. The molecule has 1 aromatic heterocycles. The van der Waals surface area contributed by atoms with Gasteiger partial charge in [-0.2, -0.15) is 0 Å². The Labute approximate surface area is 126 Å². The summed E-state index contributed by atoms with van der Waals surface area (Å²) in [6.45, 7) is 1.86. The second kappa shape index (κ2) is 6.14. The molecule has 0 atom stereocenters. The predicted molar refractivity (Wildman–Crippen MR) is 83.9 cm³/mol. The molecule has 0 saturated heterocycles. The topological polar surface area (TPSA) is 38.5 Å². The van der Waals surface area contributed by atoms with Crippen LogP contribution in [0.3, 0.4) is 0 Å². The Morgan fingerprint density at radius 1 is 1.35 bits per heavy atom. The minimum absolute atomic E-state index is 0.209. The number of hydrogen-bond acceptors (Lipinski definition) is 4. The summed E-state index contributed by atoms with van der Waals surface area (Å²) in [6, 6.07) is 5.17. The van der Waals surface area contributed by atoms with Crippen molar-refractivity contribution in [3.8, 4) is 0 Å². The Kier molecular flexibility index (Phi) is 4.46. The summed E-state index contributed by atoms with van der Waals surface area (Å²) in [5, 5.41) is 2.18. The van der Waals surface area contributed by atoms with E-state index >= 15 is 0 Å². The summed E-state index contributed by atoms with van der Waals surface area (Å²) in [5.74, 6) is 0. The van der Waals surface area contributed by atoms with Crippen LogP contribution >= 0.6 is 11.3 Å². The van der Waals surface area contributed by atoms with E-state index in [1.54, 1.807) is 0 Å². The summed E-state index contributed by atoms with van der Waals surface area (Å²) in [4.78, 5) is 4.20. The summed E-state index contributed by atoms with van der Waals surface area (Å²) in [5.41, 5.74) is 6.45. The second-order valence-electron chi connectivity index (χ2n) is 6.30. The molecule has 2 N–H and O–H groups in total. The van der Waals surface area contributed by atoms with Gasteiger partial charge in [-0.1, -0.05) is 6.07 Å². The number of ether oxygens (including phenoxy) is 1. The first-order valence-corrected chi connectivity index (χ1v) is 8.67. The fourth-order valence-corrected chi connectivity index (χ4v) is 4.32. The Morgan fingerprint density at radius 3 is 2.60 bits per heavy atom. The average molecular weight is 294 g/mol. The molecule has 3 rings (SSSR count). The molecule has 4 heteroatoms. The van der Waals surface area contributed by atoms with Crippen LogP contribution in [0.1, 0.15) is 43.4 Å². The molecular formula is C16H26N2OS. The van der Waals surface area contributed by atoms with Crippen LogP contribution in [-0.4, -0.2) is 36.2 Å². The number of nitrogens with zero attached hydrogens (tertiary/aromatic N) is 1. The molecule has 0 radical (unpaired) electrons. The van der Waals surface area contributed by atoms with E-state index in [2.05, 4.69) is 22.4 Å². The monoisotopic (exact) mass is 294 g/mol. The Balaban J connectivity index is 1.74. The Bertz CT molecular complexity index is 408. The molecule has 0 unspecified atom stereocenters. The number of rotatable bonds is 6.